The largest absolute Gasteiger partial charge is 0.503 e. The van der Waals surface area contributed by atoms with E-state index >= 15 is 0 Å². The number of hydrogen-bond donors (Lipinski definition) is 2. The Balaban J connectivity index is 0.000000218. The van der Waals surface area contributed by atoms with Crippen molar-refractivity contribution in [3.8, 4) is 0 Å². The van der Waals surface area contributed by atoms with Crippen LogP contribution in [0.4, 0.5) is 4.79 Å². The van der Waals surface area contributed by atoms with Gasteiger partial charge >= 0.3 is 12.1 Å². The summed E-state index contributed by atoms with van der Waals surface area (Å²) in [6.45, 7) is 0. The van der Waals surface area contributed by atoms with Gasteiger partial charge in [-0.2, -0.15) is 0 Å². The highest BCUT2D eigenvalue weighted by atomic mass is 16.6. The fraction of sp³-hybridized carbons (Fsp3) is 0.333. The molecule has 0 aliphatic carbocycles. The summed E-state index contributed by atoms with van der Waals surface area (Å²) >= 11 is 0. The van der Waals surface area contributed by atoms with Crippen molar-refractivity contribution in [3.05, 3.63) is 12.3 Å². The van der Waals surface area contributed by atoms with E-state index in [0.717, 1.165) is 6.42 Å². The maximum Gasteiger partial charge on any atom is 0.503 e. The fourth-order valence-electron chi connectivity index (χ4n) is 0.452. The van der Waals surface area contributed by atoms with E-state index < -0.39 is 6.16 Å². The first-order chi connectivity index (χ1) is 5.13. The van der Waals surface area contributed by atoms with Crippen LogP contribution in [0.2, 0.25) is 0 Å². The van der Waals surface area contributed by atoms with Crippen LogP contribution in [0.5, 0.6) is 0 Å². The van der Waals surface area contributed by atoms with E-state index in [9.17, 15) is 4.79 Å². The van der Waals surface area contributed by atoms with E-state index in [2.05, 4.69) is 4.74 Å². The van der Waals surface area contributed by atoms with Gasteiger partial charge in [0, 0.05) is 6.42 Å². The van der Waals surface area contributed by atoms with Crippen LogP contribution in [0.1, 0.15) is 12.8 Å². The minimum absolute atomic E-state index is 0.123. The molecule has 0 unspecified atom stereocenters. The molecule has 0 saturated carbocycles. The van der Waals surface area contributed by atoms with Gasteiger partial charge in [-0.1, -0.05) is 0 Å². The topological polar surface area (TPSA) is 83.8 Å². The summed E-state index contributed by atoms with van der Waals surface area (Å²) in [5.74, 6) is -0.123. The highest BCUT2D eigenvalue weighted by Crippen LogP contribution is 2.00. The molecule has 2 N–H and O–H groups in total. The summed E-state index contributed by atoms with van der Waals surface area (Å²) in [6.07, 6.45) is 2.81. The molecule has 5 heteroatoms. The zero-order chi connectivity index (χ0) is 8.69. The Kier molecular flexibility index (Phi) is 4.55. The Morgan fingerprint density at radius 2 is 2.09 bits per heavy atom. The molecule has 0 bridgehead atoms. The maximum atomic E-state index is 10.2. The minimum Gasteiger partial charge on any atom is -0.450 e. The molecule has 5 nitrogen and oxygen atoms in total. The number of ether oxygens (including phenoxy) is 1. The number of allylic oxidation sites excluding steroid dienone is 1. The Bertz CT molecular complexity index is 168. The van der Waals surface area contributed by atoms with Crippen LogP contribution in [0.3, 0.4) is 0 Å². The predicted molar refractivity (Wildman–Crippen MR) is 35.1 cm³/mol. The zero-order valence-electron chi connectivity index (χ0n) is 5.69. The first kappa shape index (κ1) is 9.48. The first-order valence-electron chi connectivity index (χ1n) is 2.89. The van der Waals surface area contributed by atoms with Crippen molar-refractivity contribution >= 4 is 12.1 Å². The molecule has 1 heterocycles. The third kappa shape index (κ3) is 8.48. The monoisotopic (exact) mass is 160 g/mol. The van der Waals surface area contributed by atoms with Crippen molar-refractivity contribution < 1.29 is 24.5 Å². The smallest absolute Gasteiger partial charge is 0.450 e. The summed E-state index contributed by atoms with van der Waals surface area (Å²) in [6, 6.07) is 0. The lowest BCUT2D eigenvalue weighted by atomic mass is 10.3. The number of rotatable bonds is 0. The molecule has 1 aliphatic heterocycles. The number of hydrogen-bond acceptors (Lipinski definition) is 3. The summed E-state index contributed by atoms with van der Waals surface area (Å²) in [5.41, 5.74) is 0. The molecule has 0 aromatic heterocycles. The maximum absolute atomic E-state index is 10.2. The average molecular weight is 160 g/mol. The quantitative estimate of drug-likeness (QED) is 0.517. The van der Waals surface area contributed by atoms with Crippen LogP contribution in [0, 0.1) is 0 Å². The summed E-state index contributed by atoms with van der Waals surface area (Å²) < 4.78 is 4.46. The van der Waals surface area contributed by atoms with Crippen LogP contribution in [0.15, 0.2) is 12.3 Å². The highest BCUT2D eigenvalue weighted by molar-refractivity contribution is 5.70. The van der Waals surface area contributed by atoms with Crippen molar-refractivity contribution in [1.82, 2.24) is 0 Å². The van der Waals surface area contributed by atoms with Crippen LogP contribution in [-0.4, -0.2) is 22.3 Å². The molecule has 0 fully saturated rings. The van der Waals surface area contributed by atoms with Gasteiger partial charge in [0.05, 0.1) is 6.26 Å². The lowest BCUT2D eigenvalue weighted by Crippen LogP contribution is -2.01. The normalized spacial score (nSPS) is 14.4. The molecule has 0 saturated heterocycles. The molecule has 62 valence electrons. The zero-order valence-corrected chi connectivity index (χ0v) is 5.69. The van der Waals surface area contributed by atoms with Crippen LogP contribution >= 0.6 is 0 Å². The van der Waals surface area contributed by atoms with Crippen LogP contribution in [0.25, 0.3) is 0 Å². The van der Waals surface area contributed by atoms with E-state index in [1.54, 1.807) is 0 Å². The van der Waals surface area contributed by atoms with Gasteiger partial charge in [0.25, 0.3) is 0 Å². The third-order valence-electron chi connectivity index (χ3n) is 0.811. The molecule has 0 aromatic carbocycles. The van der Waals surface area contributed by atoms with Gasteiger partial charge < -0.3 is 14.9 Å². The van der Waals surface area contributed by atoms with E-state index in [1.807, 2.05) is 6.08 Å². The van der Waals surface area contributed by atoms with E-state index in [-0.39, 0.29) is 5.97 Å². The van der Waals surface area contributed by atoms with Gasteiger partial charge in [0.2, 0.25) is 0 Å². The molecule has 1 aliphatic rings. The number of carbonyl (C=O) groups is 2. The molecular weight excluding hydrogens is 152 g/mol. The summed E-state index contributed by atoms with van der Waals surface area (Å²) in [7, 11) is 0. The third-order valence-corrected chi connectivity index (χ3v) is 0.811. The lowest BCUT2D eigenvalue weighted by Gasteiger charge is -1.99. The van der Waals surface area contributed by atoms with Gasteiger partial charge in [-0.3, -0.25) is 4.79 Å². The fourth-order valence-corrected chi connectivity index (χ4v) is 0.452. The lowest BCUT2D eigenvalue weighted by molar-refractivity contribution is -0.138. The second-order valence-corrected chi connectivity index (χ2v) is 1.68. The van der Waals surface area contributed by atoms with Crippen molar-refractivity contribution in [2.75, 3.05) is 0 Å². The second-order valence-electron chi connectivity index (χ2n) is 1.68. The standard InChI is InChI=1S/C5H6O2.CH2O3/c6-5-3-1-2-4-7-5;2-1(3)4/h2,4H,1,3H2;(H2,2,3,4). The Hall–Kier alpha value is -1.52. The molecule has 0 radical (unpaired) electrons. The number of esters is 1. The molecule has 0 spiro atoms. The summed E-state index contributed by atoms with van der Waals surface area (Å²) in [5, 5.41) is 13.9. The van der Waals surface area contributed by atoms with Crippen molar-refractivity contribution in [1.29, 1.82) is 0 Å². The van der Waals surface area contributed by atoms with Crippen molar-refractivity contribution in [2.45, 2.75) is 12.8 Å². The van der Waals surface area contributed by atoms with Crippen molar-refractivity contribution in [3.63, 3.8) is 0 Å². The number of cyclic esters (lactones) is 1. The Morgan fingerprint density at radius 3 is 2.27 bits per heavy atom. The predicted octanol–water partition coefficient (Wildman–Crippen LogP) is 1.06. The van der Waals surface area contributed by atoms with Gasteiger partial charge in [-0.05, 0) is 12.5 Å². The van der Waals surface area contributed by atoms with Gasteiger partial charge in [0.1, 0.15) is 0 Å². The SMILES string of the molecule is O=C(O)O.O=C1CCC=CO1. The Labute approximate surface area is 62.9 Å². The molecule has 1 rings (SSSR count). The van der Waals surface area contributed by atoms with Gasteiger partial charge in [-0.25, -0.2) is 4.79 Å². The first-order valence-corrected chi connectivity index (χ1v) is 2.89. The van der Waals surface area contributed by atoms with Crippen LogP contribution in [-0.2, 0) is 9.53 Å². The van der Waals surface area contributed by atoms with E-state index in [0.29, 0.717) is 6.42 Å². The molecule has 11 heavy (non-hydrogen) atoms. The van der Waals surface area contributed by atoms with Gasteiger partial charge in [-0.15, -0.1) is 0 Å². The average Bonchev–Trinajstić information content (AvgIpc) is 1.87. The second kappa shape index (κ2) is 5.28. The van der Waals surface area contributed by atoms with Gasteiger partial charge in [0.15, 0.2) is 0 Å². The molecule has 0 aromatic rings. The molecule has 0 atom stereocenters. The summed E-state index contributed by atoms with van der Waals surface area (Å²) in [4.78, 5) is 18.7. The minimum atomic E-state index is -1.83. The van der Waals surface area contributed by atoms with E-state index in [4.69, 9.17) is 15.0 Å². The number of carboxylic acid groups (broad SMARTS) is 2. The molecule has 0 amide bonds. The number of carbonyl (C=O) groups excluding carboxylic acids is 1. The van der Waals surface area contributed by atoms with E-state index in [1.165, 1.54) is 6.26 Å². The highest BCUT2D eigenvalue weighted by Gasteiger charge is 2.01. The van der Waals surface area contributed by atoms with Crippen molar-refractivity contribution in [2.24, 2.45) is 0 Å². The Morgan fingerprint density at radius 1 is 1.55 bits per heavy atom. The van der Waals surface area contributed by atoms with Crippen LogP contribution < -0.4 is 0 Å². The molecular formula is C6H8O5.